The molecule has 0 atom stereocenters. The van der Waals surface area contributed by atoms with Gasteiger partial charge in [-0.3, -0.25) is 0 Å². The zero-order chi connectivity index (χ0) is 10.1. The summed E-state index contributed by atoms with van der Waals surface area (Å²) < 4.78 is 12.8. The molecule has 4 heteroatoms. The van der Waals surface area contributed by atoms with Crippen LogP contribution >= 0.6 is 11.8 Å². The number of aliphatic carboxylic acids is 1. The molecule has 1 aromatic rings. The molecule has 0 unspecified atom stereocenters. The summed E-state index contributed by atoms with van der Waals surface area (Å²) >= 11 is 1.42. The van der Waals surface area contributed by atoms with Crippen LogP contribution in [0.15, 0.2) is 28.7 Å². The van der Waals surface area contributed by atoms with Crippen LogP contribution in [0.25, 0.3) is 6.08 Å². The van der Waals surface area contributed by atoms with E-state index in [0.717, 1.165) is 4.90 Å². The van der Waals surface area contributed by atoms with Crippen LogP contribution in [0.3, 0.4) is 0 Å². The molecule has 1 aliphatic heterocycles. The first-order valence-corrected chi connectivity index (χ1v) is 5.01. The van der Waals surface area contributed by atoms with Crippen LogP contribution in [0, 0.1) is 5.82 Å². The number of benzene rings is 1. The fourth-order valence-electron chi connectivity index (χ4n) is 1.27. The Bertz CT molecular complexity index is 426. The monoisotopic (exact) mass is 210 g/mol. The standard InChI is InChI=1S/C10H7FO2S/c11-8-1-2-9-6(4-8)3-7(5-14-9)10(12)13/h1-4H,5H2,(H,12,13). The molecule has 0 fully saturated rings. The second kappa shape index (κ2) is 3.46. The lowest BCUT2D eigenvalue weighted by molar-refractivity contribution is -0.132. The molecule has 0 radical (unpaired) electrons. The molecule has 2 rings (SSSR count). The molecule has 72 valence electrons. The van der Waals surface area contributed by atoms with Gasteiger partial charge in [0.2, 0.25) is 0 Å². The predicted octanol–water partition coefficient (Wildman–Crippen LogP) is 2.40. The molecule has 0 bridgehead atoms. The van der Waals surface area contributed by atoms with Gasteiger partial charge < -0.3 is 5.11 Å². The molecule has 2 nitrogen and oxygen atoms in total. The summed E-state index contributed by atoms with van der Waals surface area (Å²) in [6.07, 6.45) is 1.53. The molecule has 1 N–H and O–H groups in total. The fraction of sp³-hybridized carbons (Fsp3) is 0.100. The van der Waals surface area contributed by atoms with E-state index in [1.807, 2.05) is 0 Å². The first kappa shape index (κ1) is 9.27. The highest BCUT2D eigenvalue weighted by Gasteiger charge is 2.15. The largest absolute Gasteiger partial charge is 0.478 e. The van der Waals surface area contributed by atoms with E-state index in [-0.39, 0.29) is 5.82 Å². The summed E-state index contributed by atoms with van der Waals surface area (Å²) in [5.41, 5.74) is 0.965. The van der Waals surface area contributed by atoms with Gasteiger partial charge >= 0.3 is 5.97 Å². The number of carboxylic acids is 1. The van der Waals surface area contributed by atoms with Crippen LogP contribution in [-0.4, -0.2) is 16.8 Å². The summed E-state index contributed by atoms with van der Waals surface area (Å²) in [6.45, 7) is 0. The van der Waals surface area contributed by atoms with Crippen molar-refractivity contribution in [2.24, 2.45) is 0 Å². The molecular formula is C10H7FO2S. The number of carboxylic acid groups (broad SMARTS) is 1. The molecule has 14 heavy (non-hydrogen) atoms. The van der Waals surface area contributed by atoms with Gasteiger partial charge in [0.1, 0.15) is 5.82 Å². The average Bonchev–Trinajstić information content (AvgIpc) is 2.16. The highest BCUT2D eigenvalue weighted by molar-refractivity contribution is 7.99. The molecule has 1 heterocycles. The highest BCUT2D eigenvalue weighted by atomic mass is 32.2. The van der Waals surface area contributed by atoms with Gasteiger partial charge in [0.25, 0.3) is 0 Å². The molecule has 0 amide bonds. The van der Waals surface area contributed by atoms with Crippen molar-refractivity contribution in [3.05, 3.63) is 35.2 Å². The van der Waals surface area contributed by atoms with E-state index in [0.29, 0.717) is 16.9 Å². The van der Waals surface area contributed by atoms with Crippen molar-refractivity contribution in [1.29, 1.82) is 0 Å². The Morgan fingerprint density at radius 1 is 1.50 bits per heavy atom. The maximum Gasteiger partial charge on any atom is 0.332 e. The van der Waals surface area contributed by atoms with Gasteiger partial charge in [0.15, 0.2) is 0 Å². The van der Waals surface area contributed by atoms with Crippen LogP contribution in [0.2, 0.25) is 0 Å². The molecule has 0 saturated carbocycles. The Balaban J connectivity index is 2.47. The quantitative estimate of drug-likeness (QED) is 0.773. The fourth-order valence-corrected chi connectivity index (χ4v) is 2.24. The van der Waals surface area contributed by atoms with Gasteiger partial charge in [0, 0.05) is 16.2 Å². The van der Waals surface area contributed by atoms with Gasteiger partial charge in [-0.2, -0.15) is 0 Å². The Labute approximate surface area is 84.4 Å². The smallest absolute Gasteiger partial charge is 0.332 e. The summed E-state index contributed by atoms with van der Waals surface area (Å²) in [7, 11) is 0. The molecule has 0 saturated heterocycles. The lowest BCUT2D eigenvalue weighted by Crippen LogP contribution is -2.06. The van der Waals surface area contributed by atoms with Crippen LogP contribution in [-0.2, 0) is 4.79 Å². The number of carbonyl (C=O) groups is 1. The molecular weight excluding hydrogens is 203 g/mol. The number of fused-ring (bicyclic) bond motifs is 1. The first-order chi connectivity index (χ1) is 6.66. The van der Waals surface area contributed by atoms with Crippen LogP contribution in [0.5, 0.6) is 0 Å². The molecule has 1 aromatic carbocycles. The van der Waals surface area contributed by atoms with Gasteiger partial charge in [0.05, 0.1) is 0 Å². The van der Waals surface area contributed by atoms with E-state index in [9.17, 15) is 9.18 Å². The van der Waals surface area contributed by atoms with Crippen molar-refractivity contribution in [3.8, 4) is 0 Å². The zero-order valence-electron chi connectivity index (χ0n) is 7.16. The van der Waals surface area contributed by atoms with Gasteiger partial charge in [-0.25, -0.2) is 9.18 Å². The third-order valence-electron chi connectivity index (χ3n) is 1.96. The maximum absolute atomic E-state index is 12.8. The normalized spacial score (nSPS) is 14.5. The zero-order valence-corrected chi connectivity index (χ0v) is 7.97. The van der Waals surface area contributed by atoms with E-state index < -0.39 is 5.97 Å². The highest BCUT2D eigenvalue weighted by Crippen LogP contribution is 2.32. The molecule has 0 aliphatic carbocycles. The summed E-state index contributed by atoms with van der Waals surface area (Å²) in [5.74, 6) is -0.840. The number of halogens is 1. The van der Waals surface area contributed by atoms with Crippen LogP contribution in [0.4, 0.5) is 4.39 Å². The number of hydrogen-bond acceptors (Lipinski definition) is 2. The number of thioether (sulfide) groups is 1. The van der Waals surface area contributed by atoms with Crippen molar-refractivity contribution >= 4 is 23.8 Å². The van der Waals surface area contributed by atoms with Crippen LogP contribution in [0.1, 0.15) is 5.56 Å². The van der Waals surface area contributed by atoms with E-state index in [2.05, 4.69) is 0 Å². The Morgan fingerprint density at radius 2 is 2.29 bits per heavy atom. The predicted molar refractivity (Wildman–Crippen MR) is 52.7 cm³/mol. The van der Waals surface area contributed by atoms with E-state index >= 15 is 0 Å². The minimum atomic E-state index is -0.938. The second-order valence-corrected chi connectivity index (χ2v) is 3.96. The van der Waals surface area contributed by atoms with E-state index in [1.54, 1.807) is 6.07 Å². The molecule has 0 aromatic heterocycles. The minimum Gasteiger partial charge on any atom is -0.478 e. The Hall–Kier alpha value is -1.29. The topological polar surface area (TPSA) is 37.3 Å². The van der Waals surface area contributed by atoms with Crippen molar-refractivity contribution < 1.29 is 14.3 Å². The van der Waals surface area contributed by atoms with Crippen LogP contribution < -0.4 is 0 Å². The number of hydrogen-bond donors (Lipinski definition) is 1. The molecule has 1 aliphatic rings. The number of rotatable bonds is 1. The average molecular weight is 210 g/mol. The van der Waals surface area contributed by atoms with Gasteiger partial charge in [-0.15, -0.1) is 11.8 Å². The Morgan fingerprint density at radius 3 is 3.00 bits per heavy atom. The Kier molecular flexibility index (Phi) is 2.29. The van der Waals surface area contributed by atoms with Crippen molar-refractivity contribution in [3.63, 3.8) is 0 Å². The lowest BCUT2D eigenvalue weighted by Gasteiger charge is -2.12. The third-order valence-corrected chi connectivity index (χ3v) is 3.10. The summed E-state index contributed by atoms with van der Waals surface area (Å²) in [6, 6.07) is 4.40. The van der Waals surface area contributed by atoms with E-state index in [1.165, 1.54) is 30.0 Å². The van der Waals surface area contributed by atoms with Gasteiger partial charge in [-0.05, 0) is 29.8 Å². The maximum atomic E-state index is 12.8. The lowest BCUT2D eigenvalue weighted by atomic mass is 10.1. The second-order valence-electron chi connectivity index (χ2n) is 2.95. The van der Waals surface area contributed by atoms with Crippen molar-refractivity contribution in [1.82, 2.24) is 0 Å². The first-order valence-electron chi connectivity index (χ1n) is 4.03. The van der Waals surface area contributed by atoms with Crippen molar-refractivity contribution in [2.75, 3.05) is 5.75 Å². The van der Waals surface area contributed by atoms with Crippen molar-refractivity contribution in [2.45, 2.75) is 4.90 Å². The SMILES string of the molecule is O=C(O)C1=Cc2cc(F)ccc2SC1. The third kappa shape index (κ3) is 1.65. The summed E-state index contributed by atoms with van der Waals surface area (Å²) in [4.78, 5) is 11.6. The van der Waals surface area contributed by atoms with Gasteiger partial charge in [-0.1, -0.05) is 0 Å². The molecule has 0 spiro atoms. The minimum absolute atomic E-state index is 0.313. The van der Waals surface area contributed by atoms with E-state index in [4.69, 9.17) is 5.11 Å². The summed E-state index contributed by atoms with van der Waals surface area (Å²) in [5, 5.41) is 8.76.